The predicted molar refractivity (Wildman–Crippen MR) is 73.7 cm³/mol. The highest BCUT2D eigenvalue weighted by molar-refractivity contribution is 5.82. The number of carbonyl (C=O) groups excluding carboxylic acids is 1. The van der Waals surface area contributed by atoms with E-state index in [0.29, 0.717) is 5.92 Å². The lowest BCUT2D eigenvalue weighted by Gasteiger charge is -2.29. The largest absolute Gasteiger partial charge is 0.361 e. The molecule has 0 radical (unpaired) electrons. The molecule has 1 saturated heterocycles. The van der Waals surface area contributed by atoms with E-state index in [2.05, 4.69) is 19.0 Å². The standard InChI is InChI=1S/C15H24N2O2/c1-10(2)13-9-11(16-19-13)12-7-6-8-17(12)14(18)15(3,4)5/h9-10,12H,6-8H2,1-5H3/t12-/m0/s1. The van der Waals surface area contributed by atoms with Gasteiger partial charge >= 0.3 is 0 Å². The Balaban J connectivity index is 2.21. The summed E-state index contributed by atoms with van der Waals surface area (Å²) in [4.78, 5) is 14.4. The molecular formula is C15H24N2O2. The average molecular weight is 264 g/mol. The molecule has 1 aliphatic heterocycles. The summed E-state index contributed by atoms with van der Waals surface area (Å²) in [5.41, 5.74) is 0.562. The minimum Gasteiger partial charge on any atom is -0.361 e. The second-order valence-electron chi connectivity index (χ2n) is 6.72. The third kappa shape index (κ3) is 2.82. The molecule has 0 aromatic carbocycles. The van der Waals surface area contributed by atoms with Gasteiger partial charge in [-0.3, -0.25) is 4.79 Å². The van der Waals surface area contributed by atoms with Crippen molar-refractivity contribution in [2.45, 2.75) is 59.4 Å². The molecule has 0 N–H and O–H groups in total. The van der Waals surface area contributed by atoms with Crippen LogP contribution in [0.2, 0.25) is 0 Å². The van der Waals surface area contributed by atoms with Gasteiger partial charge in [0.1, 0.15) is 11.5 Å². The number of hydrogen-bond acceptors (Lipinski definition) is 3. The Hall–Kier alpha value is -1.32. The molecule has 106 valence electrons. The molecule has 4 nitrogen and oxygen atoms in total. The fourth-order valence-electron chi connectivity index (χ4n) is 2.48. The van der Waals surface area contributed by atoms with Gasteiger partial charge in [-0.2, -0.15) is 0 Å². The second kappa shape index (κ2) is 4.99. The van der Waals surface area contributed by atoms with Crippen LogP contribution < -0.4 is 0 Å². The molecule has 1 aliphatic rings. The zero-order chi connectivity index (χ0) is 14.2. The van der Waals surface area contributed by atoms with Crippen molar-refractivity contribution in [1.29, 1.82) is 0 Å². The van der Waals surface area contributed by atoms with Crippen molar-refractivity contribution < 1.29 is 9.32 Å². The summed E-state index contributed by atoms with van der Waals surface area (Å²) in [6, 6.07) is 2.09. The molecule has 2 rings (SSSR count). The van der Waals surface area contributed by atoms with Gasteiger partial charge in [0.05, 0.1) is 6.04 Å². The summed E-state index contributed by atoms with van der Waals surface area (Å²) in [6.45, 7) is 10.9. The maximum absolute atomic E-state index is 12.5. The van der Waals surface area contributed by atoms with Crippen LogP contribution in [0, 0.1) is 5.41 Å². The first-order valence-corrected chi connectivity index (χ1v) is 7.08. The Morgan fingerprint density at radius 1 is 1.47 bits per heavy atom. The van der Waals surface area contributed by atoms with Crippen LogP contribution in [0.15, 0.2) is 10.6 Å². The number of rotatable bonds is 2. The topological polar surface area (TPSA) is 46.3 Å². The number of aromatic nitrogens is 1. The van der Waals surface area contributed by atoms with E-state index in [0.717, 1.165) is 30.8 Å². The maximum atomic E-state index is 12.5. The van der Waals surface area contributed by atoms with Crippen molar-refractivity contribution in [3.63, 3.8) is 0 Å². The van der Waals surface area contributed by atoms with E-state index >= 15 is 0 Å². The molecule has 4 heteroatoms. The predicted octanol–water partition coefficient (Wildman–Crippen LogP) is 3.51. The summed E-state index contributed by atoms with van der Waals surface area (Å²) < 4.78 is 5.36. The van der Waals surface area contributed by atoms with Gasteiger partial charge in [-0.05, 0) is 12.8 Å². The SMILES string of the molecule is CC(C)c1cc([C@@H]2CCCN2C(=O)C(C)(C)C)no1. The van der Waals surface area contributed by atoms with Crippen molar-refractivity contribution in [3.05, 3.63) is 17.5 Å². The van der Waals surface area contributed by atoms with Gasteiger partial charge in [-0.1, -0.05) is 39.8 Å². The van der Waals surface area contributed by atoms with Gasteiger partial charge in [0.2, 0.25) is 5.91 Å². The normalized spacial score (nSPS) is 20.3. The molecule has 1 amide bonds. The van der Waals surface area contributed by atoms with Crippen LogP contribution in [0.25, 0.3) is 0 Å². The van der Waals surface area contributed by atoms with Crippen LogP contribution in [0.3, 0.4) is 0 Å². The summed E-state index contributed by atoms with van der Waals surface area (Å²) in [6.07, 6.45) is 2.02. The van der Waals surface area contributed by atoms with Crippen LogP contribution in [0.4, 0.5) is 0 Å². The van der Waals surface area contributed by atoms with Crippen molar-refractivity contribution in [2.75, 3.05) is 6.54 Å². The Morgan fingerprint density at radius 2 is 2.16 bits per heavy atom. The third-order valence-corrected chi connectivity index (χ3v) is 3.61. The fourth-order valence-corrected chi connectivity index (χ4v) is 2.48. The quantitative estimate of drug-likeness (QED) is 0.821. The van der Waals surface area contributed by atoms with E-state index in [9.17, 15) is 4.79 Å². The van der Waals surface area contributed by atoms with E-state index in [1.54, 1.807) is 0 Å². The molecule has 1 fully saturated rings. The highest BCUT2D eigenvalue weighted by atomic mass is 16.5. The summed E-state index contributed by atoms with van der Waals surface area (Å²) in [5.74, 6) is 1.42. The number of likely N-dealkylation sites (tertiary alicyclic amines) is 1. The molecule has 0 aliphatic carbocycles. The van der Waals surface area contributed by atoms with Crippen LogP contribution in [-0.4, -0.2) is 22.5 Å². The van der Waals surface area contributed by atoms with E-state index in [1.807, 2.05) is 31.7 Å². The highest BCUT2D eigenvalue weighted by Gasteiger charge is 2.37. The molecule has 19 heavy (non-hydrogen) atoms. The average Bonchev–Trinajstić information content (AvgIpc) is 2.95. The molecule has 0 saturated carbocycles. The molecule has 1 atom stereocenters. The minimum atomic E-state index is -0.340. The molecule has 0 unspecified atom stereocenters. The maximum Gasteiger partial charge on any atom is 0.228 e. The lowest BCUT2D eigenvalue weighted by Crippen LogP contribution is -2.39. The van der Waals surface area contributed by atoms with Crippen LogP contribution in [0.1, 0.15) is 70.9 Å². The zero-order valence-corrected chi connectivity index (χ0v) is 12.6. The van der Waals surface area contributed by atoms with Crippen molar-refractivity contribution in [3.8, 4) is 0 Å². The number of carbonyl (C=O) groups is 1. The summed E-state index contributed by atoms with van der Waals surface area (Å²) in [5, 5.41) is 4.17. The lowest BCUT2D eigenvalue weighted by atomic mass is 9.94. The number of nitrogens with zero attached hydrogens (tertiary/aromatic N) is 2. The highest BCUT2D eigenvalue weighted by Crippen LogP contribution is 2.35. The monoisotopic (exact) mass is 264 g/mol. The van der Waals surface area contributed by atoms with Crippen molar-refractivity contribution in [1.82, 2.24) is 10.1 Å². The first-order valence-electron chi connectivity index (χ1n) is 7.08. The van der Waals surface area contributed by atoms with Gasteiger partial charge in [0.15, 0.2) is 0 Å². The summed E-state index contributed by atoms with van der Waals surface area (Å²) in [7, 11) is 0. The molecule has 0 spiro atoms. The van der Waals surface area contributed by atoms with E-state index in [4.69, 9.17) is 4.52 Å². The van der Waals surface area contributed by atoms with Crippen LogP contribution in [0.5, 0.6) is 0 Å². The first-order chi connectivity index (χ1) is 8.80. The minimum absolute atomic E-state index is 0.0861. The summed E-state index contributed by atoms with van der Waals surface area (Å²) >= 11 is 0. The molecule has 1 aromatic rings. The van der Waals surface area contributed by atoms with Gasteiger partial charge < -0.3 is 9.42 Å². The van der Waals surface area contributed by atoms with Crippen molar-refractivity contribution in [2.24, 2.45) is 5.41 Å². The fraction of sp³-hybridized carbons (Fsp3) is 0.733. The Bertz CT molecular complexity index is 457. The molecule has 2 heterocycles. The van der Waals surface area contributed by atoms with E-state index in [-0.39, 0.29) is 17.4 Å². The van der Waals surface area contributed by atoms with Crippen LogP contribution in [-0.2, 0) is 4.79 Å². The van der Waals surface area contributed by atoms with E-state index < -0.39 is 0 Å². The van der Waals surface area contributed by atoms with Gasteiger partial charge in [0, 0.05) is 23.9 Å². The molecular weight excluding hydrogens is 240 g/mol. The first kappa shape index (κ1) is 14.1. The molecule has 1 aromatic heterocycles. The Labute approximate surface area is 115 Å². The zero-order valence-electron chi connectivity index (χ0n) is 12.6. The Kier molecular flexibility index (Phi) is 3.70. The second-order valence-corrected chi connectivity index (χ2v) is 6.72. The van der Waals surface area contributed by atoms with Gasteiger partial charge in [-0.15, -0.1) is 0 Å². The molecule has 0 bridgehead atoms. The van der Waals surface area contributed by atoms with Crippen molar-refractivity contribution >= 4 is 5.91 Å². The van der Waals surface area contributed by atoms with Gasteiger partial charge in [-0.25, -0.2) is 0 Å². The number of hydrogen-bond donors (Lipinski definition) is 0. The number of amides is 1. The smallest absolute Gasteiger partial charge is 0.228 e. The van der Waals surface area contributed by atoms with E-state index in [1.165, 1.54) is 0 Å². The Morgan fingerprint density at radius 3 is 2.68 bits per heavy atom. The lowest BCUT2D eigenvalue weighted by molar-refractivity contribution is -0.140. The van der Waals surface area contributed by atoms with Gasteiger partial charge in [0.25, 0.3) is 0 Å². The third-order valence-electron chi connectivity index (χ3n) is 3.61. The van der Waals surface area contributed by atoms with Crippen LogP contribution >= 0.6 is 0 Å².